The van der Waals surface area contributed by atoms with Gasteiger partial charge in [0.15, 0.2) is 0 Å². The molecule has 100 valence electrons. The summed E-state index contributed by atoms with van der Waals surface area (Å²) in [6.07, 6.45) is 5.53. The lowest BCUT2D eigenvalue weighted by Gasteiger charge is -2.53. The van der Waals surface area contributed by atoms with Crippen molar-refractivity contribution in [2.24, 2.45) is 11.3 Å². The molecular weight excluding hydrogens is 238 g/mol. The average molecular weight is 263 g/mol. The standard InChI is InChI=1S/C16H25NS/c1-15(2,3)12-9-16(10-12,11-17-13-6-7-13)14-5-4-8-18-14/h4-5,8,12-13,17H,6-7,9-11H2,1-3H3. The van der Waals surface area contributed by atoms with Gasteiger partial charge in [0.2, 0.25) is 0 Å². The SMILES string of the molecule is CC(C)(C)C1CC(CNC2CC2)(c2cccs2)C1. The first kappa shape index (κ1) is 12.7. The second-order valence-corrected chi connectivity index (χ2v) is 8.33. The summed E-state index contributed by atoms with van der Waals surface area (Å²) in [6, 6.07) is 5.39. The van der Waals surface area contributed by atoms with Crippen LogP contribution in [-0.4, -0.2) is 12.6 Å². The maximum atomic E-state index is 3.77. The van der Waals surface area contributed by atoms with Crippen LogP contribution in [0, 0.1) is 11.3 Å². The molecule has 2 saturated carbocycles. The van der Waals surface area contributed by atoms with Crippen LogP contribution in [0.3, 0.4) is 0 Å². The molecular formula is C16H25NS. The quantitative estimate of drug-likeness (QED) is 0.858. The summed E-state index contributed by atoms with van der Waals surface area (Å²) in [6.45, 7) is 8.38. The number of hydrogen-bond acceptors (Lipinski definition) is 2. The first-order chi connectivity index (χ1) is 8.50. The Labute approximate surface area is 115 Å². The minimum atomic E-state index is 0.453. The highest BCUT2D eigenvalue weighted by Crippen LogP contribution is 2.55. The highest BCUT2D eigenvalue weighted by molar-refractivity contribution is 7.10. The van der Waals surface area contributed by atoms with Crippen LogP contribution >= 0.6 is 11.3 Å². The lowest BCUT2D eigenvalue weighted by molar-refractivity contribution is 0.0468. The molecule has 1 N–H and O–H groups in total. The summed E-state index contributed by atoms with van der Waals surface area (Å²) in [5.74, 6) is 0.889. The normalized spacial score (nSPS) is 32.3. The fourth-order valence-corrected chi connectivity index (χ4v) is 4.09. The van der Waals surface area contributed by atoms with Gasteiger partial charge in [-0.1, -0.05) is 26.8 Å². The maximum absolute atomic E-state index is 3.77. The smallest absolute Gasteiger partial charge is 0.0177 e. The van der Waals surface area contributed by atoms with Gasteiger partial charge in [0.1, 0.15) is 0 Å². The number of rotatable bonds is 4. The molecule has 0 unspecified atom stereocenters. The van der Waals surface area contributed by atoms with E-state index in [2.05, 4.69) is 43.6 Å². The van der Waals surface area contributed by atoms with Crippen molar-refractivity contribution >= 4 is 11.3 Å². The first-order valence-electron chi connectivity index (χ1n) is 7.27. The number of thiophene rings is 1. The highest BCUT2D eigenvalue weighted by atomic mass is 32.1. The van der Waals surface area contributed by atoms with Gasteiger partial charge in [0.05, 0.1) is 0 Å². The van der Waals surface area contributed by atoms with Crippen LogP contribution in [0.5, 0.6) is 0 Å². The minimum Gasteiger partial charge on any atom is -0.313 e. The van der Waals surface area contributed by atoms with Crippen LogP contribution in [0.25, 0.3) is 0 Å². The van der Waals surface area contributed by atoms with E-state index in [0.29, 0.717) is 10.8 Å². The first-order valence-corrected chi connectivity index (χ1v) is 8.15. The summed E-state index contributed by atoms with van der Waals surface area (Å²) in [4.78, 5) is 1.61. The van der Waals surface area contributed by atoms with Crippen LogP contribution in [-0.2, 0) is 5.41 Å². The number of nitrogens with one attached hydrogen (secondary N) is 1. The second-order valence-electron chi connectivity index (χ2n) is 7.38. The summed E-state index contributed by atoms with van der Waals surface area (Å²) in [5.41, 5.74) is 0.926. The van der Waals surface area contributed by atoms with Crippen molar-refractivity contribution in [3.8, 4) is 0 Å². The van der Waals surface area contributed by atoms with Crippen molar-refractivity contribution in [1.29, 1.82) is 0 Å². The van der Waals surface area contributed by atoms with Crippen LogP contribution in [0.2, 0.25) is 0 Å². The van der Waals surface area contributed by atoms with Crippen LogP contribution in [0.15, 0.2) is 17.5 Å². The van der Waals surface area contributed by atoms with E-state index in [0.717, 1.165) is 12.0 Å². The van der Waals surface area contributed by atoms with E-state index in [9.17, 15) is 0 Å². The summed E-state index contributed by atoms with van der Waals surface area (Å²) in [5, 5.41) is 6.00. The molecule has 1 aromatic rings. The van der Waals surface area contributed by atoms with Crippen molar-refractivity contribution in [2.75, 3.05) is 6.54 Å². The highest BCUT2D eigenvalue weighted by Gasteiger charge is 2.50. The summed E-state index contributed by atoms with van der Waals surface area (Å²) < 4.78 is 0. The van der Waals surface area contributed by atoms with Gasteiger partial charge >= 0.3 is 0 Å². The lowest BCUT2D eigenvalue weighted by Crippen LogP contribution is -2.51. The zero-order chi connectivity index (χ0) is 12.8. The molecule has 18 heavy (non-hydrogen) atoms. The number of hydrogen-bond donors (Lipinski definition) is 1. The average Bonchev–Trinajstić information content (AvgIpc) is 2.88. The molecule has 2 heteroatoms. The molecule has 2 aliphatic carbocycles. The molecule has 3 rings (SSSR count). The molecule has 1 heterocycles. The Morgan fingerprint density at radius 2 is 2.06 bits per heavy atom. The Kier molecular flexibility index (Phi) is 3.06. The fourth-order valence-electron chi connectivity index (χ4n) is 3.14. The second kappa shape index (κ2) is 4.35. The zero-order valence-electron chi connectivity index (χ0n) is 11.8. The van der Waals surface area contributed by atoms with Gasteiger partial charge in [0, 0.05) is 22.9 Å². The Morgan fingerprint density at radius 1 is 1.33 bits per heavy atom. The zero-order valence-corrected chi connectivity index (χ0v) is 12.6. The molecule has 1 aromatic heterocycles. The third-order valence-electron chi connectivity index (χ3n) is 4.85. The third-order valence-corrected chi connectivity index (χ3v) is 5.97. The van der Waals surface area contributed by atoms with Gasteiger partial charge in [-0.05, 0) is 48.5 Å². The maximum Gasteiger partial charge on any atom is 0.0177 e. The Bertz CT molecular complexity index is 391. The van der Waals surface area contributed by atoms with E-state index >= 15 is 0 Å². The third kappa shape index (κ3) is 2.37. The Morgan fingerprint density at radius 3 is 2.56 bits per heavy atom. The van der Waals surface area contributed by atoms with E-state index in [1.54, 1.807) is 4.88 Å². The summed E-state index contributed by atoms with van der Waals surface area (Å²) >= 11 is 1.95. The summed E-state index contributed by atoms with van der Waals surface area (Å²) in [7, 11) is 0. The van der Waals surface area contributed by atoms with Crippen molar-refractivity contribution < 1.29 is 0 Å². The molecule has 2 fully saturated rings. The van der Waals surface area contributed by atoms with E-state index in [4.69, 9.17) is 0 Å². The Balaban J connectivity index is 1.70. The minimum absolute atomic E-state index is 0.453. The molecule has 0 aromatic carbocycles. The molecule has 0 bridgehead atoms. The van der Waals surface area contributed by atoms with Crippen LogP contribution < -0.4 is 5.32 Å². The molecule has 2 aliphatic rings. The monoisotopic (exact) mass is 263 g/mol. The van der Waals surface area contributed by atoms with Gasteiger partial charge in [-0.15, -0.1) is 11.3 Å². The van der Waals surface area contributed by atoms with Crippen molar-refractivity contribution in [1.82, 2.24) is 5.32 Å². The van der Waals surface area contributed by atoms with Crippen molar-refractivity contribution in [3.63, 3.8) is 0 Å². The fraction of sp³-hybridized carbons (Fsp3) is 0.750. The topological polar surface area (TPSA) is 12.0 Å². The van der Waals surface area contributed by atoms with Crippen LogP contribution in [0.1, 0.15) is 51.3 Å². The molecule has 0 radical (unpaired) electrons. The predicted molar refractivity (Wildman–Crippen MR) is 79.2 cm³/mol. The molecule has 0 aliphatic heterocycles. The molecule has 0 saturated heterocycles. The predicted octanol–water partition coefficient (Wildman–Crippen LogP) is 4.19. The lowest BCUT2D eigenvalue weighted by atomic mass is 9.54. The van der Waals surface area contributed by atoms with Gasteiger partial charge in [-0.25, -0.2) is 0 Å². The van der Waals surface area contributed by atoms with Gasteiger partial charge in [0.25, 0.3) is 0 Å². The van der Waals surface area contributed by atoms with Crippen LogP contribution in [0.4, 0.5) is 0 Å². The molecule has 0 amide bonds. The van der Waals surface area contributed by atoms with E-state index in [-0.39, 0.29) is 0 Å². The molecule has 0 spiro atoms. The van der Waals surface area contributed by atoms with E-state index in [1.807, 2.05) is 11.3 Å². The molecule has 0 atom stereocenters. The van der Waals surface area contributed by atoms with Gasteiger partial charge in [-0.2, -0.15) is 0 Å². The largest absolute Gasteiger partial charge is 0.313 e. The van der Waals surface area contributed by atoms with Crippen molar-refractivity contribution in [3.05, 3.63) is 22.4 Å². The Hall–Kier alpha value is -0.340. The van der Waals surface area contributed by atoms with Gasteiger partial charge < -0.3 is 5.32 Å². The van der Waals surface area contributed by atoms with Gasteiger partial charge in [-0.3, -0.25) is 0 Å². The van der Waals surface area contributed by atoms with E-state index in [1.165, 1.54) is 32.2 Å². The van der Waals surface area contributed by atoms with Crippen molar-refractivity contribution in [2.45, 2.75) is 57.9 Å². The van der Waals surface area contributed by atoms with E-state index < -0.39 is 0 Å². The molecule has 1 nitrogen and oxygen atoms in total.